The number of benzene rings is 1. The molecule has 0 saturated carbocycles. The topological polar surface area (TPSA) is 105 Å². The zero-order valence-electron chi connectivity index (χ0n) is 19.7. The first kappa shape index (κ1) is 24.7. The Hall–Kier alpha value is -4.38. The van der Waals surface area contributed by atoms with Gasteiger partial charge in [0.1, 0.15) is 23.6 Å². The molecule has 9 nitrogen and oxygen atoms in total. The summed E-state index contributed by atoms with van der Waals surface area (Å²) >= 11 is 0. The van der Waals surface area contributed by atoms with E-state index in [1.165, 1.54) is 37.8 Å². The van der Waals surface area contributed by atoms with Gasteiger partial charge < -0.3 is 24.3 Å². The van der Waals surface area contributed by atoms with E-state index in [4.69, 9.17) is 18.9 Å². The third kappa shape index (κ3) is 5.31. The lowest BCUT2D eigenvalue weighted by molar-refractivity contribution is 0.102. The monoisotopic (exact) mass is 496 g/mol. The Morgan fingerprint density at radius 1 is 1.00 bits per heavy atom. The smallest absolute Gasteiger partial charge is 0.261 e. The van der Waals surface area contributed by atoms with E-state index in [0.29, 0.717) is 35.7 Å². The Balaban J connectivity index is 1.59. The van der Waals surface area contributed by atoms with Crippen molar-refractivity contribution in [1.29, 1.82) is 0 Å². The average Bonchev–Trinajstić information content (AvgIpc) is 2.86. The number of aromatic nitrogens is 3. The average molecular weight is 496 g/mol. The lowest BCUT2D eigenvalue weighted by atomic mass is 10.2. The van der Waals surface area contributed by atoms with Gasteiger partial charge >= 0.3 is 0 Å². The van der Waals surface area contributed by atoms with Gasteiger partial charge in [0.25, 0.3) is 5.91 Å². The molecule has 186 valence electrons. The molecule has 36 heavy (non-hydrogen) atoms. The molecule has 0 spiro atoms. The molecule has 0 saturated heterocycles. The number of amides is 1. The predicted octanol–water partition coefficient (Wildman–Crippen LogP) is 4.69. The maximum atomic E-state index is 14.9. The number of ether oxygens (including phenoxy) is 4. The number of nitrogens with one attached hydrogen (secondary N) is 1. The molecule has 0 fully saturated rings. The molecular weight excluding hydrogens is 474 g/mol. The Bertz CT molecular complexity index is 1390. The Morgan fingerprint density at radius 2 is 1.75 bits per heavy atom. The van der Waals surface area contributed by atoms with Crippen LogP contribution < -0.4 is 19.5 Å². The summed E-state index contributed by atoms with van der Waals surface area (Å²) in [5.74, 6) is -2.47. The summed E-state index contributed by atoms with van der Waals surface area (Å²) in [6, 6.07) is 6.50. The van der Waals surface area contributed by atoms with Crippen molar-refractivity contribution in [3.63, 3.8) is 0 Å². The van der Waals surface area contributed by atoms with Crippen molar-refractivity contribution in [2.45, 2.75) is 6.92 Å². The van der Waals surface area contributed by atoms with Crippen LogP contribution in [0.1, 0.15) is 16.1 Å². The maximum absolute atomic E-state index is 14.9. The third-order valence-electron chi connectivity index (χ3n) is 5.08. The van der Waals surface area contributed by atoms with Crippen molar-refractivity contribution in [3.8, 4) is 23.0 Å². The molecule has 0 aliphatic heterocycles. The van der Waals surface area contributed by atoms with Crippen LogP contribution in [0, 0.1) is 18.6 Å². The predicted molar refractivity (Wildman–Crippen MR) is 127 cm³/mol. The number of hydrogen-bond acceptors (Lipinski definition) is 8. The van der Waals surface area contributed by atoms with Crippen LogP contribution in [0.2, 0.25) is 0 Å². The van der Waals surface area contributed by atoms with Crippen LogP contribution in [-0.2, 0) is 4.74 Å². The highest BCUT2D eigenvalue weighted by atomic mass is 19.1. The standard InChI is InChI=1S/C25H22F2N4O5/c1-14-22(35-9-8-33-2)12-19-23(30-14)21(5-7-29-19)36-24-17(26)10-15(11-18(24)27)31-25(32)16-13-28-6-4-20(16)34-3/h4-7,10-13H,8-9H2,1-3H3,(H,31,32). The Labute approximate surface area is 205 Å². The molecule has 1 N–H and O–H groups in total. The van der Waals surface area contributed by atoms with E-state index in [2.05, 4.69) is 20.3 Å². The summed E-state index contributed by atoms with van der Waals surface area (Å²) in [5.41, 5.74) is 1.26. The minimum absolute atomic E-state index is 0.0984. The number of methoxy groups -OCH3 is 2. The van der Waals surface area contributed by atoms with Crippen molar-refractivity contribution in [3.05, 3.63) is 71.8 Å². The van der Waals surface area contributed by atoms with Crippen LogP contribution in [0.4, 0.5) is 14.5 Å². The molecule has 4 aromatic rings. The highest BCUT2D eigenvalue weighted by Gasteiger charge is 2.19. The van der Waals surface area contributed by atoms with Crippen molar-refractivity contribution in [1.82, 2.24) is 15.0 Å². The van der Waals surface area contributed by atoms with Gasteiger partial charge in [-0.3, -0.25) is 14.8 Å². The Morgan fingerprint density at radius 3 is 2.47 bits per heavy atom. The van der Waals surface area contributed by atoms with Gasteiger partial charge in [-0.2, -0.15) is 0 Å². The van der Waals surface area contributed by atoms with Crippen molar-refractivity contribution in [2.75, 3.05) is 32.8 Å². The number of halogens is 2. The molecular formula is C25H22F2N4O5. The normalized spacial score (nSPS) is 10.8. The van der Waals surface area contributed by atoms with Gasteiger partial charge in [-0.15, -0.1) is 0 Å². The molecule has 11 heteroatoms. The van der Waals surface area contributed by atoms with E-state index >= 15 is 0 Å². The molecule has 0 aliphatic rings. The molecule has 0 unspecified atom stereocenters. The summed E-state index contributed by atoms with van der Waals surface area (Å²) < 4.78 is 51.1. The van der Waals surface area contributed by atoms with Crippen LogP contribution >= 0.6 is 0 Å². The highest BCUT2D eigenvalue weighted by molar-refractivity contribution is 6.06. The number of carbonyl (C=O) groups excluding carboxylic acids is 1. The van der Waals surface area contributed by atoms with Gasteiger partial charge in [-0.1, -0.05) is 0 Å². The third-order valence-corrected chi connectivity index (χ3v) is 5.08. The summed E-state index contributed by atoms with van der Waals surface area (Å²) in [7, 11) is 2.96. The fourth-order valence-electron chi connectivity index (χ4n) is 3.35. The number of rotatable bonds is 9. The van der Waals surface area contributed by atoms with E-state index in [0.717, 1.165) is 12.1 Å². The van der Waals surface area contributed by atoms with E-state index < -0.39 is 23.3 Å². The van der Waals surface area contributed by atoms with Crippen molar-refractivity contribution < 1.29 is 32.5 Å². The number of hydrogen-bond donors (Lipinski definition) is 1. The van der Waals surface area contributed by atoms with Crippen LogP contribution in [0.3, 0.4) is 0 Å². The summed E-state index contributed by atoms with van der Waals surface area (Å²) in [6.07, 6.45) is 4.17. The summed E-state index contributed by atoms with van der Waals surface area (Å²) in [6.45, 7) is 2.46. The molecule has 0 aliphatic carbocycles. The summed E-state index contributed by atoms with van der Waals surface area (Å²) in [4.78, 5) is 25.1. The van der Waals surface area contributed by atoms with E-state index in [-0.39, 0.29) is 22.7 Å². The van der Waals surface area contributed by atoms with Gasteiger partial charge in [0.2, 0.25) is 0 Å². The largest absolute Gasteiger partial charge is 0.496 e. The molecule has 3 aromatic heterocycles. The SMILES string of the molecule is COCCOc1cc2nccc(Oc3c(F)cc(NC(=O)c4cnccc4OC)cc3F)c2nc1C. The van der Waals surface area contributed by atoms with Gasteiger partial charge in [0, 0.05) is 55.7 Å². The van der Waals surface area contributed by atoms with Gasteiger partial charge in [0.15, 0.2) is 23.1 Å². The zero-order chi connectivity index (χ0) is 25.7. The van der Waals surface area contributed by atoms with Gasteiger partial charge in [-0.25, -0.2) is 13.8 Å². The minimum Gasteiger partial charge on any atom is -0.496 e. The first-order valence-electron chi connectivity index (χ1n) is 10.8. The second-order valence-corrected chi connectivity index (χ2v) is 7.49. The van der Waals surface area contributed by atoms with Gasteiger partial charge in [-0.05, 0) is 13.0 Å². The maximum Gasteiger partial charge on any atom is 0.261 e. The number of carbonyl (C=O) groups is 1. The van der Waals surface area contributed by atoms with E-state index in [1.54, 1.807) is 20.1 Å². The van der Waals surface area contributed by atoms with Crippen molar-refractivity contribution >= 4 is 22.6 Å². The number of aryl methyl sites for hydroxylation is 1. The first-order valence-corrected chi connectivity index (χ1v) is 10.8. The fourth-order valence-corrected chi connectivity index (χ4v) is 3.35. The highest BCUT2D eigenvalue weighted by Crippen LogP contribution is 2.34. The second-order valence-electron chi connectivity index (χ2n) is 7.49. The minimum atomic E-state index is -1.02. The molecule has 3 heterocycles. The lowest BCUT2D eigenvalue weighted by Gasteiger charge is -2.14. The second kappa shape index (κ2) is 10.9. The van der Waals surface area contributed by atoms with Crippen LogP contribution in [0.25, 0.3) is 11.0 Å². The number of fused-ring (bicyclic) bond motifs is 1. The van der Waals surface area contributed by atoms with Crippen LogP contribution in [0.15, 0.2) is 48.9 Å². The fraction of sp³-hybridized carbons (Fsp3) is 0.200. The molecule has 0 radical (unpaired) electrons. The van der Waals surface area contributed by atoms with Gasteiger partial charge in [0.05, 0.1) is 30.5 Å². The first-order chi connectivity index (χ1) is 17.4. The number of nitrogens with zero attached hydrogens (tertiary/aromatic N) is 3. The number of pyridine rings is 3. The molecule has 0 bridgehead atoms. The summed E-state index contributed by atoms with van der Waals surface area (Å²) in [5, 5.41) is 2.43. The van der Waals surface area contributed by atoms with E-state index in [1.807, 2.05) is 0 Å². The van der Waals surface area contributed by atoms with E-state index in [9.17, 15) is 13.6 Å². The quantitative estimate of drug-likeness (QED) is 0.333. The van der Waals surface area contributed by atoms with Crippen LogP contribution in [0.5, 0.6) is 23.0 Å². The molecule has 1 aromatic carbocycles. The van der Waals surface area contributed by atoms with Crippen LogP contribution in [-0.4, -0.2) is 48.3 Å². The zero-order valence-corrected chi connectivity index (χ0v) is 19.7. The molecule has 1 amide bonds. The Kier molecular flexibility index (Phi) is 7.50. The molecule has 0 atom stereocenters. The number of anilines is 1. The lowest BCUT2D eigenvalue weighted by Crippen LogP contribution is -2.14. The van der Waals surface area contributed by atoms with Crippen molar-refractivity contribution in [2.24, 2.45) is 0 Å². The molecule has 4 rings (SSSR count).